The minimum Gasteiger partial charge on any atom is -0.261 e. The van der Waals surface area contributed by atoms with Crippen LogP contribution < -0.4 is 0 Å². The van der Waals surface area contributed by atoms with Crippen LogP contribution in [0.15, 0.2) is 36.5 Å². The molecule has 94 valence electrons. The van der Waals surface area contributed by atoms with Gasteiger partial charge in [0.1, 0.15) is 0 Å². The highest BCUT2D eigenvalue weighted by molar-refractivity contribution is 5.70. The lowest BCUT2D eigenvalue weighted by atomic mass is 9.97. The van der Waals surface area contributed by atoms with Crippen LogP contribution in [0.1, 0.15) is 16.8 Å². The van der Waals surface area contributed by atoms with Gasteiger partial charge in [-0.15, -0.1) is 0 Å². The van der Waals surface area contributed by atoms with Crippen molar-refractivity contribution in [3.8, 4) is 11.1 Å². The van der Waals surface area contributed by atoms with Crippen LogP contribution in [0.5, 0.6) is 0 Å². The molecule has 1 aromatic heterocycles. The van der Waals surface area contributed by atoms with E-state index in [1.165, 1.54) is 12.1 Å². The predicted octanol–water partition coefficient (Wildman–Crippen LogP) is 4.38. The molecule has 1 heterocycles. The lowest BCUT2D eigenvalue weighted by Gasteiger charge is -2.14. The van der Waals surface area contributed by atoms with E-state index in [2.05, 4.69) is 4.98 Å². The van der Waals surface area contributed by atoms with Gasteiger partial charge in [0.25, 0.3) is 0 Å². The summed E-state index contributed by atoms with van der Waals surface area (Å²) < 4.78 is 38.8. The van der Waals surface area contributed by atoms with Gasteiger partial charge in [-0.3, -0.25) is 4.98 Å². The fourth-order valence-electron chi connectivity index (χ4n) is 1.88. The van der Waals surface area contributed by atoms with Gasteiger partial charge < -0.3 is 0 Å². The molecule has 0 aliphatic rings. The molecule has 0 atom stereocenters. The highest BCUT2D eigenvalue weighted by Crippen LogP contribution is 2.37. The molecular weight excluding hydrogens is 239 g/mol. The Labute approximate surface area is 103 Å². The van der Waals surface area contributed by atoms with Crippen LogP contribution in [0.3, 0.4) is 0 Å². The lowest BCUT2D eigenvalue weighted by Crippen LogP contribution is -2.07. The Balaban J connectivity index is 2.68. The minimum absolute atomic E-state index is 0.179. The van der Waals surface area contributed by atoms with Gasteiger partial charge in [-0.05, 0) is 37.1 Å². The zero-order chi connectivity index (χ0) is 13.3. The van der Waals surface area contributed by atoms with Gasteiger partial charge in [0, 0.05) is 17.5 Å². The maximum Gasteiger partial charge on any atom is 0.417 e. The van der Waals surface area contributed by atoms with Crippen LogP contribution in [0, 0.1) is 13.8 Å². The number of hydrogen-bond donors (Lipinski definition) is 0. The van der Waals surface area contributed by atoms with Crippen LogP contribution in [-0.2, 0) is 6.18 Å². The molecule has 0 unspecified atom stereocenters. The van der Waals surface area contributed by atoms with E-state index in [0.29, 0.717) is 11.3 Å². The van der Waals surface area contributed by atoms with E-state index < -0.39 is 11.7 Å². The summed E-state index contributed by atoms with van der Waals surface area (Å²) in [5.41, 5.74) is 1.52. The second-order valence-corrected chi connectivity index (χ2v) is 4.19. The van der Waals surface area contributed by atoms with Crippen molar-refractivity contribution in [3.05, 3.63) is 53.3 Å². The van der Waals surface area contributed by atoms with E-state index in [-0.39, 0.29) is 5.56 Å². The SMILES string of the molecule is Cc1cnc(C)c(-c2ccccc2C(F)(F)F)c1. The Bertz CT molecular complexity index is 573. The summed E-state index contributed by atoms with van der Waals surface area (Å²) in [7, 11) is 0. The average Bonchev–Trinajstić information content (AvgIpc) is 2.31. The number of rotatable bonds is 1. The molecule has 18 heavy (non-hydrogen) atoms. The summed E-state index contributed by atoms with van der Waals surface area (Å²) in [6.07, 6.45) is -2.71. The van der Waals surface area contributed by atoms with Gasteiger partial charge in [-0.2, -0.15) is 13.2 Å². The summed E-state index contributed by atoms with van der Waals surface area (Å²) in [6.45, 7) is 3.52. The van der Waals surface area contributed by atoms with Crippen LogP contribution in [0.25, 0.3) is 11.1 Å². The van der Waals surface area contributed by atoms with Crippen molar-refractivity contribution in [2.45, 2.75) is 20.0 Å². The van der Waals surface area contributed by atoms with E-state index >= 15 is 0 Å². The maximum absolute atomic E-state index is 12.9. The van der Waals surface area contributed by atoms with E-state index in [4.69, 9.17) is 0 Å². The lowest BCUT2D eigenvalue weighted by molar-refractivity contribution is -0.137. The first-order valence-corrected chi connectivity index (χ1v) is 5.49. The van der Waals surface area contributed by atoms with Crippen LogP contribution >= 0.6 is 0 Å². The third-order valence-corrected chi connectivity index (χ3v) is 2.75. The topological polar surface area (TPSA) is 12.9 Å². The average molecular weight is 251 g/mol. The second-order valence-electron chi connectivity index (χ2n) is 4.19. The Kier molecular flexibility index (Phi) is 3.11. The van der Waals surface area contributed by atoms with Gasteiger partial charge in [0.15, 0.2) is 0 Å². The molecule has 0 aliphatic heterocycles. The van der Waals surface area contributed by atoms with Gasteiger partial charge in [0.2, 0.25) is 0 Å². The standard InChI is InChI=1S/C14H12F3N/c1-9-7-12(10(2)18-8-9)11-5-3-4-6-13(11)14(15,16)17/h3-8H,1-2H3. The monoisotopic (exact) mass is 251 g/mol. The first kappa shape index (κ1) is 12.6. The van der Waals surface area contributed by atoms with Crippen molar-refractivity contribution in [2.75, 3.05) is 0 Å². The third kappa shape index (κ3) is 2.37. The first-order chi connectivity index (χ1) is 8.39. The molecule has 0 radical (unpaired) electrons. The smallest absolute Gasteiger partial charge is 0.261 e. The second kappa shape index (κ2) is 4.44. The molecule has 0 N–H and O–H groups in total. The number of aromatic nitrogens is 1. The maximum atomic E-state index is 12.9. The molecule has 0 amide bonds. The molecule has 0 bridgehead atoms. The first-order valence-electron chi connectivity index (χ1n) is 5.49. The largest absolute Gasteiger partial charge is 0.417 e. The zero-order valence-corrected chi connectivity index (χ0v) is 10.0. The van der Waals surface area contributed by atoms with Crippen molar-refractivity contribution in [1.82, 2.24) is 4.98 Å². The molecule has 0 fully saturated rings. The Morgan fingerprint density at radius 1 is 1.00 bits per heavy atom. The predicted molar refractivity (Wildman–Crippen MR) is 64.1 cm³/mol. The Morgan fingerprint density at radius 3 is 2.33 bits per heavy atom. The summed E-state index contributed by atoms with van der Waals surface area (Å²) in [4.78, 5) is 4.11. The molecular formula is C14H12F3N. The van der Waals surface area contributed by atoms with Gasteiger partial charge in [-0.25, -0.2) is 0 Å². The van der Waals surface area contributed by atoms with Crippen molar-refractivity contribution in [1.29, 1.82) is 0 Å². The number of halogens is 3. The third-order valence-electron chi connectivity index (χ3n) is 2.75. The van der Waals surface area contributed by atoms with Gasteiger partial charge in [0.05, 0.1) is 5.56 Å². The molecule has 0 saturated heterocycles. The minimum atomic E-state index is -4.35. The molecule has 2 rings (SSSR count). The van der Waals surface area contributed by atoms with E-state index in [1.54, 1.807) is 25.3 Å². The normalized spacial score (nSPS) is 11.6. The van der Waals surface area contributed by atoms with Crippen molar-refractivity contribution in [3.63, 3.8) is 0 Å². The summed E-state index contributed by atoms with van der Waals surface area (Å²) >= 11 is 0. The van der Waals surface area contributed by atoms with Crippen LogP contribution in [0.4, 0.5) is 13.2 Å². The Hall–Kier alpha value is -1.84. The molecule has 1 aromatic carbocycles. The number of nitrogens with zero attached hydrogens (tertiary/aromatic N) is 1. The van der Waals surface area contributed by atoms with Crippen LogP contribution in [-0.4, -0.2) is 4.98 Å². The highest BCUT2D eigenvalue weighted by atomic mass is 19.4. The molecule has 4 heteroatoms. The van der Waals surface area contributed by atoms with E-state index in [9.17, 15) is 13.2 Å². The van der Waals surface area contributed by atoms with Crippen molar-refractivity contribution >= 4 is 0 Å². The summed E-state index contributed by atoms with van der Waals surface area (Å²) in [5, 5.41) is 0. The fraction of sp³-hybridized carbons (Fsp3) is 0.214. The molecule has 0 saturated carbocycles. The van der Waals surface area contributed by atoms with E-state index in [0.717, 1.165) is 11.6 Å². The number of pyridine rings is 1. The summed E-state index contributed by atoms with van der Waals surface area (Å²) in [5.74, 6) is 0. The number of aryl methyl sites for hydroxylation is 2. The van der Waals surface area contributed by atoms with Crippen molar-refractivity contribution in [2.24, 2.45) is 0 Å². The number of alkyl halides is 3. The van der Waals surface area contributed by atoms with E-state index in [1.807, 2.05) is 6.92 Å². The van der Waals surface area contributed by atoms with Gasteiger partial charge in [-0.1, -0.05) is 18.2 Å². The molecule has 0 aliphatic carbocycles. The fourth-order valence-corrected chi connectivity index (χ4v) is 1.88. The molecule has 1 nitrogen and oxygen atoms in total. The number of benzene rings is 1. The highest BCUT2D eigenvalue weighted by Gasteiger charge is 2.33. The summed E-state index contributed by atoms with van der Waals surface area (Å²) in [6, 6.07) is 7.30. The molecule has 2 aromatic rings. The molecule has 0 spiro atoms. The zero-order valence-electron chi connectivity index (χ0n) is 10.0. The van der Waals surface area contributed by atoms with Gasteiger partial charge >= 0.3 is 6.18 Å². The number of hydrogen-bond acceptors (Lipinski definition) is 1. The van der Waals surface area contributed by atoms with Crippen molar-refractivity contribution < 1.29 is 13.2 Å². The Morgan fingerprint density at radius 2 is 1.67 bits per heavy atom. The van der Waals surface area contributed by atoms with Crippen LogP contribution in [0.2, 0.25) is 0 Å². The quantitative estimate of drug-likeness (QED) is 0.732.